The highest BCUT2D eigenvalue weighted by Gasteiger charge is 2.42. The van der Waals surface area contributed by atoms with Gasteiger partial charge in [0, 0.05) is 22.0 Å². The fourth-order valence-corrected chi connectivity index (χ4v) is 6.13. The number of hydrogen-bond donors (Lipinski definition) is 1. The molecule has 1 fully saturated rings. The lowest BCUT2D eigenvalue weighted by molar-refractivity contribution is -0.147. The average Bonchev–Trinajstić information content (AvgIpc) is 3.31. The van der Waals surface area contributed by atoms with Crippen molar-refractivity contribution in [3.8, 4) is 11.3 Å². The summed E-state index contributed by atoms with van der Waals surface area (Å²) >= 11 is 0. The van der Waals surface area contributed by atoms with E-state index in [4.69, 9.17) is 14.2 Å². The van der Waals surface area contributed by atoms with Gasteiger partial charge in [0.15, 0.2) is 12.3 Å². The van der Waals surface area contributed by atoms with Crippen LogP contribution in [0.4, 0.5) is 9.59 Å². The van der Waals surface area contributed by atoms with Gasteiger partial charge < -0.3 is 23.9 Å². The smallest absolute Gasteiger partial charge is 0.420 e. The number of benzene rings is 2. The van der Waals surface area contributed by atoms with Crippen molar-refractivity contribution in [1.29, 1.82) is 0 Å². The van der Waals surface area contributed by atoms with Crippen LogP contribution in [0.1, 0.15) is 106 Å². The highest BCUT2D eigenvalue weighted by atomic mass is 16.6. The Labute approximate surface area is 274 Å². The van der Waals surface area contributed by atoms with Crippen molar-refractivity contribution in [1.82, 2.24) is 9.47 Å². The minimum atomic E-state index is -1.60. The van der Waals surface area contributed by atoms with Gasteiger partial charge in [0.25, 0.3) is 0 Å². The molecule has 1 aliphatic rings. The van der Waals surface area contributed by atoms with Crippen LogP contribution in [0, 0.1) is 0 Å². The average molecular weight is 649 g/mol. The van der Waals surface area contributed by atoms with Crippen LogP contribution in [0.3, 0.4) is 0 Å². The summed E-state index contributed by atoms with van der Waals surface area (Å²) < 4.78 is 18.0. The van der Waals surface area contributed by atoms with E-state index in [-0.39, 0.29) is 18.0 Å². The molecule has 1 atom stereocenters. The first-order valence-corrected chi connectivity index (χ1v) is 15.8. The van der Waals surface area contributed by atoms with E-state index in [1.807, 2.05) is 0 Å². The van der Waals surface area contributed by atoms with E-state index in [0.29, 0.717) is 27.2 Å². The van der Waals surface area contributed by atoms with E-state index >= 15 is 0 Å². The molecule has 0 saturated heterocycles. The van der Waals surface area contributed by atoms with Crippen molar-refractivity contribution in [3.63, 3.8) is 0 Å². The molecule has 2 aromatic carbocycles. The molecule has 1 saturated carbocycles. The molecule has 2 amide bonds. The van der Waals surface area contributed by atoms with Crippen LogP contribution in [0.15, 0.2) is 42.5 Å². The normalized spacial score (nSPS) is 14.7. The fourth-order valence-electron chi connectivity index (χ4n) is 6.13. The number of esters is 1. The molecule has 11 nitrogen and oxygen atoms in total. The molecular weight excluding hydrogens is 604 g/mol. The molecule has 0 bridgehead atoms. The molecule has 1 aliphatic carbocycles. The predicted octanol–water partition coefficient (Wildman–Crippen LogP) is 7.58. The topological polar surface area (TPSA) is 141 Å². The van der Waals surface area contributed by atoms with Crippen molar-refractivity contribution >= 4 is 41.3 Å². The molecule has 1 unspecified atom stereocenters. The third-order valence-corrected chi connectivity index (χ3v) is 8.03. The quantitative estimate of drug-likeness (QED) is 0.149. The summed E-state index contributed by atoms with van der Waals surface area (Å²) in [6.45, 7) is 9.42. The van der Waals surface area contributed by atoms with Crippen LogP contribution >= 0.6 is 0 Å². The van der Waals surface area contributed by atoms with Crippen molar-refractivity contribution in [3.05, 3.63) is 59.2 Å². The molecule has 0 radical (unpaired) electrons. The number of fused-ring (bicyclic) bond motifs is 1. The standard InChI is InChI=1S/C36H44N2O9/c1-35(2,3)46-33(43)38(34(44)47-36(4,5)6)28(32(42)45-7)20-37-27-19-23(31(40)41)17-18-26(27)29(22-13-9-8-10-14-22)30(37)25-16-12-11-15-24(25)21-39/h11-12,15-19,21-22,28H,8-10,13-14,20H2,1-7H3,(H,40,41). The summed E-state index contributed by atoms with van der Waals surface area (Å²) in [4.78, 5) is 66.3. The van der Waals surface area contributed by atoms with Crippen LogP contribution in [0.2, 0.25) is 0 Å². The molecular formula is C36H44N2O9. The van der Waals surface area contributed by atoms with Gasteiger partial charge in [-0.2, -0.15) is 4.90 Å². The number of hydrogen-bond acceptors (Lipinski definition) is 8. The molecule has 1 N–H and O–H groups in total. The van der Waals surface area contributed by atoms with Crippen molar-refractivity contribution < 1.29 is 43.3 Å². The molecule has 3 aromatic rings. The summed E-state index contributed by atoms with van der Waals surface area (Å²) in [6.07, 6.45) is 3.33. The Bertz CT molecular complexity index is 1640. The maximum Gasteiger partial charge on any atom is 0.420 e. The number of ether oxygens (including phenoxy) is 3. The second kappa shape index (κ2) is 14.0. The van der Waals surface area contributed by atoms with E-state index in [2.05, 4.69) is 0 Å². The maximum atomic E-state index is 13.7. The Morgan fingerprint density at radius 1 is 0.936 bits per heavy atom. The van der Waals surface area contributed by atoms with Gasteiger partial charge >= 0.3 is 24.1 Å². The number of methoxy groups -OCH3 is 1. The maximum absolute atomic E-state index is 13.7. The van der Waals surface area contributed by atoms with Gasteiger partial charge in [0.05, 0.1) is 24.9 Å². The number of amides is 2. The number of carboxylic acids is 1. The number of aromatic carboxylic acids is 1. The molecule has 47 heavy (non-hydrogen) atoms. The van der Waals surface area contributed by atoms with Gasteiger partial charge in [0.1, 0.15) is 11.2 Å². The second-order valence-electron chi connectivity index (χ2n) is 13.8. The van der Waals surface area contributed by atoms with E-state index in [1.165, 1.54) is 12.1 Å². The SMILES string of the molecule is COC(=O)C(Cn1c(-c2ccccc2C=O)c(C2CCCCC2)c2ccc(C(=O)O)cc21)N(C(=O)OC(C)(C)C)C(=O)OC(C)(C)C. The van der Waals surface area contributed by atoms with Gasteiger partial charge in [0.2, 0.25) is 0 Å². The third kappa shape index (κ3) is 8.01. The zero-order chi connectivity index (χ0) is 34.7. The largest absolute Gasteiger partial charge is 0.478 e. The number of aromatic nitrogens is 1. The minimum absolute atomic E-state index is 0.00688. The zero-order valence-corrected chi connectivity index (χ0v) is 28.1. The summed E-state index contributed by atoms with van der Waals surface area (Å²) in [6, 6.07) is 10.2. The van der Waals surface area contributed by atoms with E-state index in [1.54, 1.807) is 76.4 Å². The van der Waals surface area contributed by atoms with Crippen LogP contribution in [0.25, 0.3) is 22.2 Å². The Morgan fingerprint density at radius 3 is 2.06 bits per heavy atom. The summed E-state index contributed by atoms with van der Waals surface area (Å²) in [5, 5.41) is 10.7. The molecule has 252 valence electrons. The Balaban J connectivity index is 2.07. The lowest BCUT2D eigenvalue weighted by Crippen LogP contribution is -2.53. The molecule has 0 aliphatic heterocycles. The third-order valence-electron chi connectivity index (χ3n) is 8.03. The molecule has 0 spiro atoms. The van der Waals surface area contributed by atoms with E-state index in [9.17, 15) is 29.1 Å². The number of carbonyl (C=O) groups excluding carboxylic acids is 4. The van der Waals surface area contributed by atoms with Crippen molar-refractivity contribution in [2.75, 3.05) is 7.11 Å². The number of imide groups is 1. The summed E-state index contributed by atoms with van der Waals surface area (Å²) in [5.41, 5.74) is 0.873. The van der Waals surface area contributed by atoms with E-state index in [0.717, 1.165) is 56.4 Å². The highest BCUT2D eigenvalue weighted by molar-refractivity contribution is 6.00. The van der Waals surface area contributed by atoms with Crippen LogP contribution < -0.4 is 0 Å². The Morgan fingerprint density at radius 2 is 1.53 bits per heavy atom. The lowest BCUT2D eigenvalue weighted by atomic mass is 9.81. The lowest BCUT2D eigenvalue weighted by Gasteiger charge is -2.33. The van der Waals surface area contributed by atoms with Gasteiger partial charge in [-0.15, -0.1) is 0 Å². The van der Waals surface area contributed by atoms with Gasteiger partial charge in [-0.05, 0) is 78.0 Å². The number of carboxylic acid groups (broad SMARTS) is 1. The number of carbonyl (C=O) groups is 5. The van der Waals surface area contributed by atoms with Crippen LogP contribution in [0.5, 0.6) is 0 Å². The first-order valence-electron chi connectivity index (χ1n) is 15.8. The fraction of sp³-hybridized carbons (Fsp3) is 0.472. The molecule has 1 heterocycles. The summed E-state index contributed by atoms with van der Waals surface area (Å²) in [7, 11) is 1.14. The predicted molar refractivity (Wildman–Crippen MR) is 176 cm³/mol. The Hall–Kier alpha value is -4.67. The van der Waals surface area contributed by atoms with Gasteiger partial charge in [-0.3, -0.25) is 4.79 Å². The number of rotatable bonds is 8. The highest BCUT2D eigenvalue weighted by Crippen LogP contribution is 2.45. The number of aldehydes is 1. The first-order chi connectivity index (χ1) is 22.1. The number of nitrogens with zero attached hydrogens (tertiary/aromatic N) is 2. The van der Waals surface area contributed by atoms with Gasteiger partial charge in [-0.25, -0.2) is 19.2 Å². The Kier molecular flexibility index (Phi) is 10.5. The van der Waals surface area contributed by atoms with Crippen molar-refractivity contribution in [2.24, 2.45) is 0 Å². The monoisotopic (exact) mass is 648 g/mol. The van der Waals surface area contributed by atoms with Gasteiger partial charge in [-0.1, -0.05) is 49.6 Å². The first kappa shape index (κ1) is 35.2. The minimum Gasteiger partial charge on any atom is -0.478 e. The second-order valence-corrected chi connectivity index (χ2v) is 13.8. The summed E-state index contributed by atoms with van der Waals surface area (Å²) in [5.74, 6) is -2.00. The zero-order valence-electron chi connectivity index (χ0n) is 28.1. The van der Waals surface area contributed by atoms with Crippen molar-refractivity contribution in [2.45, 2.75) is 103 Å². The molecule has 11 heteroatoms. The van der Waals surface area contributed by atoms with Crippen LogP contribution in [-0.2, 0) is 25.5 Å². The van der Waals surface area contributed by atoms with Crippen LogP contribution in [-0.4, -0.2) is 69.3 Å². The molecule has 4 rings (SSSR count). The van der Waals surface area contributed by atoms with E-state index < -0.39 is 41.4 Å². The molecule has 1 aromatic heterocycles.